The van der Waals surface area contributed by atoms with Gasteiger partial charge in [0.25, 0.3) is 0 Å². The highest BCUT2D eigenvalue weighted by molar-refractivity contribution is 7.88. The zero-order chi connectivity index (χ0) is 18.4. The Balaban J connectivity index is 1.90. The topological polar surface area (TPSA) is 89.9 Å². The predicted molar refractivity (Wildman–Crippen MR) is 95.8 cm³/mol. The molecule has 1 aromatic rings. The minimum absolute atomic E-state index is 0.117. The van der Waals surface area contributed by atoms with E-state index in [1.54, 1.807) is 23.4 Å². The van der Waals surface area contributed by atoms with Gasteiger partial charge >= 0.3 is 0 Å². The lowest BCUT2D eigenvalue weighted by Crippen LogP contribution is -2.52. The number of piperazine rings is 1. The fourth-order valence-corrected chi connectivity index (χ4v) is 3.29. The summed E-state index contributed by atoms with van der Waals surface area (Å²) >= 11 is 0. The van der Waals surface area contributed by atoms with E-state index in [2.05, 4.69) is 9.97 Å². The Bertz CT molecular complexity index is 659. The van der Waals surface area contributed by atoms with Gasteiger partial charge in [-0.15, -0.1) is 0 Å². The van der Waals surface area contributed by atoms with E-state index in [9.17, 15) is 13.2 Å². The van der Waals surface area contributed by atoms with Crippen molar-refractivity contribution in [1.29, 1.82) is 0 Å². The molecule has 1 amide bonds. The molecule has 1 saturated heterocycles. The molecule has 1 fully saturated rings. The lowest BCUT2D eigenvalue weighted by atomic mass is 10.3. The normalized spacial score (nSPS) is 15.9. The van der Waals surface area contributed by atoms with E-state index in [1.807, 2.05) is 23.9 Å². The molecule has 2 rings (SSSR count). The number of aromatic nitrogens is 2. The van der Waals surface area contributed by atoms with Crippen LogP contribution in [0.2, 0.25) is 0 Å². The first-order valence-corrected chi connectivity index (χ1v) is 10.0. The number of nitrogens with zero attached hydrogens (tertiary/aromatic N) is 6. The molecule has 1 aliphatic rings. The molecule has 10 heteroatoms. The van der Waals surface area contributed by atoms with Gasteiger partial charge in [0.15, 0.2) is 0 Å². The quantitative estimate of drug-likeness (QED) is 0.605. The van der Waals surface area contributed by atoms with Crippen LogP contribution in [-0.2, 0) is 14.8 Å². The molecule has 0 atom stereocenters. The van der Waals surface area contributed by atoms with E-state index in [-0.39, 0.29) is 12.5 Å². The Hall–Kier alpha value is -1.78. The van der Waals surface area contributed by atoms with Gasteiger partial charge in [-0.25, -0.2) is 18.4 Å². The molecule has 0 radical (unpaired) electrons. The van der Waals surface area contributed by atoms with Gasteiger partial charge in [-0.3, -0.25) is 4.79 Å². The van der Waals surface area contributed by atoms with Crippen LogP contribution in [0.3, 0.4) is 0 Å². The third kappa shape index (κ3) is 5.91. The predicted octanol–water partition coefficient (Wildman–Crippen LogP) is -1.05. The number of hydrogen-bond acceptors (Lipinski definition) is 7. The van der Waals surface area contributed by atoms with Crippen LogP contribution in [0.5, 0.6) is 0 Å². The van der Waals surface area contributed by atoms with Crippen LogP contribution in [0.1, 0.15) is 0 Å². The average molecular weight is 370 g/mol. The van der Waals surface area contributed by atoms with Gasteiger partial charge in [-0.2, -0.15) is 4.31 Å². The first kappa shape index (κ1) is 19.5. The number of rotatable bonds is 7. The smallest absolute Gasteiger partial charge is 0.238 e. The highest BCUT2D eigenvalue weighted by atomic mass is 32.2. The number of amides is 1. The second-order valence-electron chi connectivity index (χ2n) is 6.32. The van der Waals surface area contributed by atoms with E-state index in [0.717, 1.165) is 6.26 Å². The molecular formula is C15H26N6O3S. The van der Waals surface area contributed by atoms with Crippen molar-refractivity contribution >= 4 is 21.9 Å². The van der Waals surface area contributed by atoms with Crippen LogP contribution >= 0.6 is 0 Å². The Morgan fingerprint density at radius 1 is 1.12 bits per heavy atom. The molecule has 0 unspecified atom stereocenters. The number of carbonyl (C=O) groups is 1. The molecule has 0 bridgehead atoms. The molecule has 140 valence electrons. The third-order valence-corrected chi connectivity index (χ3v) is 5.29. The molecule has 0 aromatic carbocycles. The fourth-order valence-electron chi connectivity index (χ4n) is 2.53. The van der Waals surface area contributed by atoms with E-state index in [1.165, 1.54) is 4.31 Å². The maximum absolute atomic E-state index is 12.5. The molecule has 9 nitrogen and oxygen atoms in total. The van der Waals surface area contributed by atoms with Gasteiger partial charge in [0.05, 0.1) is 12.8 Å². The summed E-state index contributed by atoms with van der Waals surface area (Å²) in [6, 6.07) is 1.76. The summed E-state index contributed by atoms with van der Waals surface area (Å²) in [5.41, 5.74) is 0. The van der Waals surface area contributed by atoms with Gasteiger partial charge < -0.3 is 14.7 Å². The van der Waals surface area contributed by atoms with Crippen molar-refractivity contribution in [2.75, 3.05) is 71.1 Å². The number of carbonyl (C=O) groups excluding carboxylic acids is 1. The Labute approximate surface area is 149 Å². The van der Waals surface area contributed by atoms with Crippen LogP contribution in [0.15, 0.2) is 18.5 Å². The van der Waals surface area contributed by atoms with Gasteiger partial charge in [-0.05, 0) is 20.2 Å². The molecule has 1 aliphatic heterocycles. The molecule has 0 N–H and O–H groups in total. The lowest BCUT2D eigenvalue weighted by molar-refractivity contribution is -0.131. The molecule has 0 spiro atoms. The molecule has 25 heavy (non-hydrogen) atoms. The zero-order valence-corrected chi connectivity index (χ0v) is 15.8. The summed E-state index contributed by atoms with van der Waals surface area (Å²) in [4.78, 5) is 26.5. The van der Waals surface area contributed by atoms with E-state index in [0.29, 0.717) is 45.2 Å². The number of anilines is 1. The monoisotopic (exact) mass is 370 g/mol. The van der Waals surface area contributed by atoms with Crippen LogP contribution in [0.25, 0.3) is 0 Å². The Morgan fingerprint density at radius 2 is 1.72 bits per heavy atom. The summed E-state index contributed by atoms with van der Waals surface area (Å²) < 4.78 is 25.1. The van der Waals surface area contributed by atoms with E-state index < -0.39 is 10.0 Å². The second-order valence-corrected chi connectivity index (χ2v) is 8.30. The van der Waals surface area contributed by atoms with Gasteiger partial charge in [0, 0.05) is 51.7 Å². The second kappa shape index (κ2) is 8.54. The van der Waals surface area contributed by atoms with Crippen LogP contribution in [0, 0.1) is 0 Å². The van der Waals surface area contributed by atoms with E-state index in [4.69, 9.17) is 0 Å². The largest absolute Gasteiger partial charge is 0.338 e. The SMILES string of the molecule is CN(C)CCN(CC(=O)N1CCN(c2ncccn2)CC1)S(C)(=O)=O. The summed E-state index contributed by atoms with van der Waals surface area (Å²) in [6.45, 7) is 3.08. The van der Waals surface area contributed by atoms with Crippen LogP contribution in [-0.4, -0.2) is 105 Å². The first-order chi connectivity index (χ1) is 11.8. The zero-order valence-electron chi connectivity index (χ0n) is 15.0. The minimum Gasteiger partial charge on any atom is -0.338 e. The van der Waals surface area contributed by atoms with Crippen molar-refractivity contribution in [3.8, 4) is 0 Å². The summed E-state index contributed by atoms with van der Waals surface area (Å²) in [5, 5.41) is 0. The number of likely N-dealkylation sites (N-methyl/N-ethyl adjacent to an activating group) is 1. The van der Waals surface area contributed by atoms with Gasteiger partial charge in [0.2, 0.25) is 21.9 Å². The average Bonchev–Trinajstić information content (AvgIpc) is 2.58. The highest BCUT2D eigenvalue weighted by Crippen LogP contribution is 2.10. The third-order valence-electron chi connectivity index (χ3n) is 4.04. The summed E-state index contributed by atoms with van der Waals surface area (Å²) in [5.74, 6) is 0.483. The first-order valence-electron chi connectivity index (χ1n) is 8.17. The maximum Gasteiger partial charge on any atom is 0.238 e. The Morgan fingerprint density at radius 3 is 2.24 bits per heavy atom. The molecule has 1 aromatic heterocycles. The summed E-state index contributed by atoms with van der Waals surface area (Å²) in [6.07, 6.45) is 4.52. The van der Waals surface area contributed by atoms with Crippen LogP contribution < -0.4 is 4.90 Å². The molecule has 0 aliphatic carbocycles. The van der Waals surface area contributed by atoms with E-state index >= 15 is 0 Å². The fraction of sp³-hybridized carbons (Fsp3) is 0.667. The Kier molecular flexibility index (Phi) is 6.68. The number of sulfonamides is 1. The highest BCUT2D eigenvalue weighted by Gasteiger charge is 2.26. The maximum atomic E-state index is 12.5. The van der Waals surface area contributed by atoms with Gasteiger partial charge in [-0.1, -0.05) is 0 Å². The molecular weight excluding hydrogens is 344 g/mol. The van der Waals surface area contributed by atoms with Crippen molar-refractivity contribution in [2.24, 2.45) is 0 Å². The van der Waals surface area contributed by atoms with Crippen molar-refractivity contribution in [3.05, 3.63) is 18.5 Å². The van der Waals surface area contributed by atoms with Crippen molar-refractivity contribution in [2.45, 2.75) is 0 Å². The number of hydrogen-bond donors (Lipinski definition) is 0. The molecule has 2 heterocycles. The standard InChI is InChI=1S/C15H26N6O3S/c1-18(2)7-12-21(25(3,23)24)13-14(22)19-8-10-20(11-9-19)15-16-5-4-6-17-15/h4-6H,7-13H2,1-3H3. The lowest BCUT2D eigenvalue weighted by Gasteiger charge is -2.35. The minimum atomic E-state index is -3.42. The van der Waals surface area contributed by atoms with Gasteiger partial charge in [0.1, 0.15) is 0 Å². The van der Waals surface area contributed by atoms with Crippen molar-refractivity contribution in [1.82, 2.24) is 24.1 Å². The molecule has 0 saturated carbocycles. The van der Waals surface area contributed by atoms with Crippen molar-refractivity contribution in [3.63, 3.8) is 0 Å². The van der Waals surface area contributed by atoms with Crippen molar-refractivity contribution < 1.29 is 13.2 Å². The summed E-state index contributed by atoms with van der Waals surface area (Å²) in [7, 11) is 0.317. The van der Waals surface area contributed by atoms with Crippen LogP contribution in [0.4, 0.5) is 5.95 Å².